The molecule has 1 aromatic rings. The summed E-state index contributed by atoms with van der Waals surface area (Å²) in [7, 11) is 0. The predicted molar refractivity (Wildman–Crippen MR) is 96.9 cm³/mol. The molecule has 0 amide bonds. The van der Waals surface area contributed by atoms with E-state index in [1.165, 1.54) is 28.8 Å². The van der Waals surface area contributed by atoms with E-state index in [0.717, 1.165) is 44.3 Å². The van der Waals surface area contributed by atoms with Crippen molar-refractivity contribution >= 4 is 0 Å². The first-order chi connectivity index (χ1) is 12.3. The standard InChI is InChI=1S/C22H21N3/c23-13-21(14-24)18-6-5-17-7-8-22(12-20(17)11-18)25-10-9-16-3-1-2-4-19(16)15-25/h1-4,11-12,17H,5-10,15H2. The lowest BCUT2D eigenvalue weighted by Gasteiger charge is -2.37. The lowest BCUT2D eigenvalue weighted by atomic mass is 9.77. The van der Waals surface area contributed by atoms with Crippen LogP contribution in [0.15, 0.2) is 58.8 Å². The minimum atomic E-state index is 0.276. The van der Waals surface area contributed by atoms with Crippen LogP contribution < -0.4 is 0 Å². The van der Waals surface area contributed by atoms with Crippen molar-refractivity contribution in [3.8, 4) is 12.1 Å². The van der Waals surface area contributed by atoms with Crippen LogP contribution in [-0.4, -0.2) is 11.4 Å². The molecule has 1 aromatic carbocycles. The zero-order chi connectivity index (χ0) is 17.2. The van der Waals surface area contributed by atoms with Crippen LogP contribution in [0, 0.1) is 28.6 Å². The minimum absolute atomic E-state index is 0.276. The summed E-state index contributed by atoms with van der Waals surface area (Å²) < 4.78 is 0. The molecule has 1 unspecified atom stereocenters. The number of rotatable bonds is 1. The third-order valence-corrected chi connectivity index (χ3v) is 5.74. The molecule has 0 fully saturated rings. The van der Waals surface area contributed by atoms with E-state index in [4.69, 9.17) is 10.5 Å². The van der Waals surface area contributed by atoms with Gasteiger partial charge in [0.25, 0.3) is 0 Å². The van der Waals surface area contributed by atoms with Crippen molar-refractivity contribution in [1.29, 1.82) is 10.5 Å². The summed E-state index contributed by atoms with van der Waals surface area (Å²) in [5.41, 5.74) is 6.82. The Morgan fingerprint density at radius 1 is 0.960 bits per heavy atom. The second-order valence-corrected chi connectivity index (χ2v) is 7.12. The first-order valence-electron chi connectivity index (χ1n) is 9.05. The lowest BCUT2D eigenvalue weighted by Crippen LogP contribution is -2.31. The van der Waals surface area contributed by atoms with Crippen LogP contribution in [0.4, 0.5) is 0 Å². The molecule has 3 heteroatoms. The fraction of sp³-hybridized carbons (Fsp3) is 0.364. The maximum absolute atomic E-state index is 9.14. The van der Waals surface area contributed by atoms with Crippen molar-refractivity contribution in [2.24, 2.45) is 5.92 Å². The van der Waals surface area contributed by atoms with Crippen LogP contribution in [0.2, 0.25) is 0 Å². The molecule has 124 valence electrons. The Hall–Kier alpha value is -2.78. The van der Waals surface area contributed by atoms with Crippen LogP contribution in [0.5, 0.6) is 0 Å². The fourth-order valence-electron chi connectivity index (χ4n) is 4.30. The maximum atomic E-state index is 9.14. The molecular weight excluding hydrogens is 306 g/mol. The van der Waals surface area contributed by atoms with E-state index in [9.17, 15) is 0 Å². The Morgan fingerprint density at radius 2 is 1.72 bits per heavy atom. The molecule has 0 spiro atoms. The molecule has 0 radical (unpaired) electrons. The monoisotopic (exact) mass is 327 g/mol. The molecule has 1 aliphatic heterocycles. The molecule has 4 rings (SSSR count). The van der Waals surface area contributed by atoms with Crippen molar-refractivity contribution in [3.05, 3.63) is 70.0 Å². The summed E-state index contributed by atoms with van der Waals surface area (Å²) >= 11 is 0. The number of hydrogen-bond donors (Lipinski definition) is 0. The summed E-state index contributed by atoms with van der Waals surface area (Å²) in [6, 6.07) is 12.8. The average Bonchev–Trinajstić information content (AvgIpc) is 2.68. The number of allylic oxidation sites excluding steroid dienone is 6. The second-order valence-electron chi connectivity index (χ2n) is 7.12. The van der Waals surface area contributed by atoms with Crippen molar-refractivity contribution in [3.63, 3.8) is 0 Å². The van der Waals surface area contributed by atoms with Crippen LogP contribution >= 0.6 is 0 Å². The zero-order valence-corrected chi connectivity index (χ0v) is 14.3. The Kier molecular flexibility index (Phi) is 4.16. The quantitative estimate of drug-likeness (QED) is 0.718. The highest BCUT2D eigenvalue weighted by atomic mass is 15.1. The molecule has 0 aromatic heterocycles. The Bertz CT molecular complexity index is 857. The van der Waals surface area contributed by atoms with Gasteiger partial charge in [0.1, 0.15) is 17.7 Å². The summed E-state index contributed by atoms with van der Waals surface area (Å²) in [6.45, 7) is 2.06. The van der Waals surface area contributed by atoms with E-state index in [2.05, 4.69) is 41.3 Å². The van der Waals surface area contributed by atoms with Crippen LogP contribution in [0.25, 0.3) is 0 Å². The molecule has 3 aliphatic rings. The van der Waals surface area contributed by atoms with Gasteiger partial charge in [-0.2, -0.15) is 10.5 Å². The predicted octanol–water partition coefficient (Wildman–Crippen LogP) is 4.40. The van der Waals surface area contributed by atoms with E-state index in [1.54, 1.807) is 0 Å². The molecule has 0 N–H and O–H groups in total. The van der Waals surface area contributed by atoms with E-state index < -0.39 is 0 Å². The van der Waals surface area contributed by atoms with Crippen molar-refractivity contribution in [2.75, 3.05) is 6.54 Å². The van der Waals surface area contributed by atoms with Crippen molar-refractivity contribution < 1.29 is 0 Å². The summed E-state index contributed by atoms with van der Waals surface area (Å²) in [4.78, 5) is 2.51. The van der Waals surface area contributed by atoms with E-state index in [0.29, 0.717) is 5.92 Å². The summed E-state index contributed by atoms with van der Waals surface area (Å²) in [5, 5.41) is 18.3. The highest BCUT2D eigenvalue weighted by Crippen LogP contribution is 2.39. The number of fused-ring (bicyclic) bond motifs is 2. The third-order valence-electron chi connectivity index (χ3n) is 5.74. The molecule has 0 bridgehead atoms. The van der Waals surface area contributed by atoms with E-state index in [1.807, 2.05) is 12.1 Å². The molecule has 1 atom stereocenters. The lowest BCUT2D eigenvalue weighted by molar-refractivity contribution is 0.296. The molecule has 0 saturated carbocycles. The smallest absolute Gasteiger partial charge is 0.132 e. The van der Waals surface area contributed by atoms with E-state index >= 15 is 0 Å². The van der Waals surface area contributed by atoms with Crippen LogP contribution in [-0.2, 0) is 13.0 Å². The van der Waals surface area contributed by atoms with Gasteiger partial charge in [-0.3, -0.25) is 0 Å². The topological polar surface area (TPSA) is 50.8 Å². The molecule has 2 aliphatic carbocycles. The molecule has 25 heavy (non-hydrogen) atoms. The molecule has 0 saturated heterocycles. The molecular formula is C22H21N3. The van der Waals surface area contributed by atoms with Crippen molar-refractivity contribution in [1.82, 2.24) is 4.90 Å². The van der Waals surface area contributed by atoms with Gasteiger partial charge in [-0.1, -0.05) is 30.3 Å². The van der Waals surface area contributed by atoms with Gasteiger partial charge in [-0.05, 0) is 66.4 Å². The van der Waals surface area contributed by atoms with Gasteiger partial charge in [0.15, 0.2) is 0 Å². The van der Waals surface area contributed by atoms with Crippen LogP contribution in [0.1, 0.15) is 36.8 Å². The van der Waals surface area contributed by atoms with Crippen molar-refractivity contribution in [2.45, 2.75) is 38.6 Å². The largest absolute Gasteiger partial charge is 0.370 e. The zero-order valence-electron chi connectivity index (χ0n) is 14.3. The summed E-state index contributed by atoms with van der Waals surface area (Å²) in [6.07, 6.45) is 9.75. The highest BCUT2D eigenvalue weighted by Gasteiger charge is 2.27. The van der Waals surface area contributed by atoms with Gasteiger partial charge in [0, 0.05) is 18.8 Å². The molecule has 1 heterocycles. The molecule has 3 nitrogen and oxygen atoms in total. The maximum Gasteiger partial charge on any atom is 0.132 e. The Balaban J connectivity index is 1.62. The van der Waals surface area contributed by atoms with Gasteiger partial charge in [0.2, 0.25) is 0 Å². The van der Waals surface area contributed by atoms with Gasteiger partial charge < -0.3 is 4.90 Å². The first kappa shape index (κ1) is 15.7. The SMILES string of the molecule is N#CC(C#N)=C1C=C2C=C(N3CCc4ccccc4C3)CCC2CC1. The highest BCUT2D eigenvalue weighted by molar-refractivity contribution is 5.49. The normalized spacial score (nSPS) is 21.9. The number of nitriles is 2. The fourth-order valence-corrected chi connectivity index (χ4v) is 4.30. The number of nitrogens with zero attached hydrogens (tertiary/aromatic N) is 3. The van der Waals surface area contributed by atoms with Crippen LogP contribution in [0.3, 0.4) is 0 Å². The third kappa shape index (κ3) is 2.99. The Morgan fingerprint density at radius 3 is 2.52 bits per heavy atom. The number of benzene rings is 1. The van der Waals surface area contributed by atoms with Gasteiger partial charge in [-0.15, -0.1) is 0 Å². The second kappa shape index (κ2) is 6.61. The first-order valence-corrected chi connectivity index (χ1v) is 9.05. The van der Waals surface area contributed by atoms with E-state index in [-0.39, 0.29) is 5.57 Å². The summed E-state index contributed by atoms with van der Waals surface area (Å²) in [5.74, 6) is 0.586. The minimum Gasteiger partial charge on any atom is -0.370 e. The average molecular weight is 327 g/mol. The van der Waals surface area contributed by atoms with Gasteiger partial charge >= 0.3 is 0 Å². The Labute approximate surface area is 149 Å². The van der Waals surface area contributed by atoms with Gasteiger partial charge in [0.05, 0.1) is 0 Å². The van der Waals surface area contributed by atoms with Gasteiger partial charge in [-0.25, -0.2) is 0 Å². The number of hydrogen-bond acceptors (Lipinski definition) is 3.